The zero-order chi connectivity index (χ0) is 14.6. The Kier molecular flexibility index (Phi) is 4.47. The highest BCUT2D eigenvalue weighted by Gasteiger charge is 2.36. The van der Waals surface area contributed by atoms with E-state index in [-0.39, 0.29) is 5.75 Å². The van der Waals surface area contributed by atoms with E-state index in [1.165, 1.54) is 11.8 Å². The number of hydrogen-bond acceptors (Lipinski definition) is 3. The molecule has 3 N–H and O–H groups in total. The maximum Gasteiger partial charge on any atom is 0.329 e. The quantitative estimate of drug-likeness (QED) is 0.830. The third-order valence-corrected chi connectivity index (χ3v) is 4.59. The molecule has 0 bridgehead atoms. The molecule has 2 aromatic rings. The molecule has 20 heavy (non-hydrogen) atoms. The first-order chi connectivity index (χ1) is 9.54. The topological polar surface area (TPSA) is 63.3 Å². The molecule has 0 radical (unpaired) electrons. The molecule has 0 aliphatic carbocycles. The minimum Gasteiger partial charge on any atom is -0.480 e. The first-order valence-corrected chi connectivity index (χ1v) is 7.29. The summed E-state index contributed by atoms with van der Waals surface area (Å²) in [5.74, 6) is -0.721. The van der Waals surface area contributed by atoms with Crippen LogP contribution in [0, 0.1) is 6.92 Å². The van der Waals surface area contributed by atoms with Gasteiger partial charge < -0.3 is 10.8 Å². The van der Waals surface area contributed by atoms with Gasteiger partial charge in [-0.2, -0.15) is 0 Å². The zero-order valence-corrected chi connectivity index (χ0v) is 12.1. The fourth-order valence-corrected chi connectivity index (χ4v) is 3.06. The number of benzene rings is 2. The van der Waals surface area contributed by atoms with Crippen molar-refractivity contribution in [3.05, 3.63) is 65.7 Å². The van der Waals surface area contributed by atoms with E-state index in [2.05, 4.69) is 0 Å². The lowest BCUT2D eigenvalue weighted by Gasteiger charge is -2.25. The van der Waals surface area contributed by atoms with Crippen LogP contribution in [0.2, 0.25) is 0 Å². The van der Waals surface area contributed by atoms with Crippen LogP contribution in [0.5, 0.6) is 0 Å². The molecule has 1 unspecified atom stereocenters. The van der Waals surface area contributed by atoms with Crippen molar-refractivity contribution in [2.75, 3.05) is 5.75 Å². The van der Waals surface area contributed by atoms with Gasteiger partial charge >= 0.3 is 5.97 Å². The molecule has 0 amide bonds. The summed E-state index contributed by atoms with van der Waals surface area (Å²) in [5.41, 5.74) is 6.50. The van der Waals surface area contributed by atoms with Crippen LogP contribution in [0.4, 0.5) is 0 Å². The number of aryl methyl sites for hydroxylation is 1. The van der Waals surface area contributed by atoms with Crippen LogP contribution in [0.3, 0.4) is 0 Å². The van der Waals surface area contributed by atoms with Gasteiger partial charge in [-0.3, -0.25) is 0 Å². The summed E-state index contributed by atoms with van der Waals surface area (Å²) in [6.07, 6.45) is 0. The summed E-state index contributed by atoms with van der Waals surface area (Å²) in [5, 5.41) is 9.49. The third kappa shape index (κ3) is 3.03. The van der Waals surface area contributed by atoms with Crippen molar-refractivity contribution in [3.8, 4) is 0 Å². The van der Waals surface area contributed by atoms with Crippen molar-refractivity contribution >= 4 is 17.7 Å². The summed E-state index contributed by atoms with van der Waals surface area (Å²) in [7, 11) is 0. The fraction of sp³-hybridized carbons (Fsp3) is 0.188. The third-order valence-electron chi connectivity index (χ3n) is 3.22. The lowest BCUT2D eigenvalue weighted by atomic mass is 9.93. The normalized spacial score (nSPS) is 13.7. The predicted octanol–water partition coefficient (Wildman–Crippen LogP) is 3.03. The van der Waals surface area contributed by atoms with E-state index in [4.69, 9.17) is 5.73 Å². The van der Waals surface area contributed by atoms with Crippen LogP contribution in [-0.4, -0.2) is 16.8 Å². The Labute approximate surface area is 122 Å². The van der Waals surface area contributed by atoms with Crippen molar-refractivity contribution in [2.24, 2.45) is 5.73 Å². The number of rotatable bonds is 5. The molecule has 104 valence electrons. The van der Waals surface area contributed by atoms with E-state index < -0.39 is 11.5 Å². The lowest BCUT2D eigenvalue weighted by Crippen LogP contribution is -2.47. The Balaban J connectivity index is 2.23. The van der Waals surface area contributed by atoms with Crippen LogP contribution in [0.15, 0.2) is 59.5 Å². The number of carboxylic acid groups (broad SMARTS) is 1. The molecule has 2 aromatic carbocycles. The minimum absolute atomic E-state index is 0.289. The summed E-state index contributed by atoms with van der Waals surface area (Å²) in [6.45, 7) is 2.00. The standard InChI is InChI=1S/C16H17NO2S/c1-12-7-5-6-10-14(12)20-11-16(17,15(18)19)13-8-3-2-4-9-13/h2-10H,11,17H2,1H3,(H,18,19). The number of nitrogens with two attached hydrogens (primary N) is 1. The van der Waals surface area contributed by atoms with Crippen LogP contribution in [0.25, 0.3) is 0 Å². The van der Waals surface area contributed by atoms with Crippen LogP contribution in [-0.2, 0) is 10.3 Å². The van der Waals surface area contributed by atoms with E-state index in [0.717, 1.165) is 10.5 Å². The second kappa shape index (κ2) is 6.11. The minimum atomic E-state index is -1.38. The van der Waals surface area contributed by atoms with Crippen molar-refractivity contribution in [2.45, 2.75) is 17.4 Å². The van der Waals surface area contributed by atoms with E-state index in [1.807, 2.05) is 37.3 Å². The highest BCUT2D eigenvalue weighted by Crippen LogP contribution is 2.29. The molecule has 0 aliphatic rings. The number of thioether (sulfide) groups is 1. The molecule has 0 aliphatic heterocycles. The molecule has 0 spiro atoms. The Morgan fingerprint density at radius 1 is 1.15 bits per heavy atom. The smallest absolute Gasteiger partial charge is 0.329 e. The molecule has 0 heterocycles. The van der Waals surface area contributed by atoms with Crippen LogP contribution < -0.4 is 5.73 Å². The molecule has 3 nitrogen and oxygen atoms in total. The number of carbonyl (C=O) groups is 1. The molecule has 1 atom stereocenters. The molecule has 0 saturated heterocycles. The molecule has 0 saturated carbocycles. The van der Waals surface area contributed by atoms with Crippen LogP contribution in [0.1, 0.15) is 11.1 Å². The van der Waals surface area contributed by atoms with Gasteiger partial charge in [-0.05, 0) is 24.1 Å². The van der Waals surface area contributed by atoms with Gasteiger partial charge in [0.1, 0.15) is 5.54 Å². The molecule has 4 heteroatoms. The SMILES string of the molecule is Cc1ccccc1SCC(N)(C(=O)O)c1ccccc1. The number of carboxylic acids is 1. The molecule has 2 rings (SSSR count). The van der Waals surface area contributed by atoms with Gasteiger partial charge in [0, 0.05) is 10.6 Å². The maximum absolute atomic E-state index is 11.6. The van der Waals surface area contributed by atoms with Crippen molar-refractivity contribution in [1.82, 2.24) is 0 Å². The average molecular weight is 287 g/mol. The molecular formula is C16H17NO2S. The van der Waals surface area contributed by atoms with Gasteiger partial charge in [-0.25, -0.2) is 4.79 Å². The van der Waals surface area contributed by atoms with E-state index in [9.17, 15) is 9.90 Å². The summed E-state index contributed by atoms with van der Waals surface area (Å²) < 4.78 is 0. The average Bonchev–Trinajstić information content (AvgIpc) is 2.47. The van der Waals surface area contributed by atoms with E-state index in [1.54, 1.807) is 24.3 Å². The first kappa shape index (κ1) is 14.6. The second-order valence-electron chi connectivity index (χ2n) is 4.70. The summed E-state index contributed by atoms with van der Waals surface area (Å²) >= 11 is 1.47. The summed E-state index contributed by atoms with van der Waals surface area (Å²) in [4.78, 5) is 12.6. The van der Waals surface area contributed by atoms with Gasteiger partial charge in [0.05, 0.1) is 0 Å². The van der Waals surface area contributed by atoms with Gasteiger partial charge in [0.15, 0.2) is 0 Å². The van der Waals surface area contributed by atoms with Gasteiger partial charge in [0.2, 0.25) is 0 Å². The molecular weight excluding hydrogens is 270 g/mol. The maximum atomic E-state index is 11.6. The fourth-order valence-electron chi connectivity index (χ4n) is 1.91. The predicted molar refractivity (Wildman–Crippen MR) is 81.8 cm³/mol. The zero-order valence-electron chi connectivity index (χ0n) is 11.2. The Bertz CT molecular complexity index is 600. The monoisotopic (exact) mass is 287 g/mol. The van der Waals surface area contributed by atoms with E-state index in [0.29, 0.717) is 5.56 Å². The number of hydrogen-bond donors (Lipinski definition) is 2. The highest BCUT2D eigenvalue weighted by molar-refractivity contribution is 7.99. The van der Waals surface area contributed by atoms with Gasteiger partial charge in [-0.1, -0.05) is 48.5 Å². The van der Waals surface area contributed by atoms with Crippen LogP contribution >= 0.6 is 11.8 Å². The van der Waals surface area contributed by atoms with Crippen molar-refractivity contribution in [1.29, 1.82) is 0 Å². The Morgan fingerprint density at radius 3 is 2.35 bits per heavy atom. The Hall–Kier alpha value is -1.78. The number of aliphatic carboxylic acids is 1. The molecule has 0 fully saturated rings. The van der Waals surface area contributed by atoms with Crippen molar-refractivity contribution < 1.29 is 9.90 Å². The largest absolute Gasteiger partial charge is 0.480 e. The second-order valence-corrected chi connectivity index (χ2v) is 5.71. The lowest BCUT2D eigenvalue weighted by molar-refractivity contribution is -0.142. The van der Waals surface area contributed by atoms with Crippen molar-refractivity contribution in [3.63, 3.8) is 0 Å². The summed E-state index contributed by atoms with van der Waals surface area (Å²) in [6, 6.07) is 16.9. The first-order valence-electron chi connectivity index (χ1n) is 6.30. The highest BCUT2D eigenvalue weighted by atomic mass is 32.2. The van der Waals surface area contributed by atoms with Gasteiger partial charge in [0.25, 0.3) is 0 Å². The molecule has 0 aromatic heterocycles. The van der Waals surface area contributed by atoms with E-state index >= 15 is 0 Å². The Morgan fingerprint density at radius 2 is 1.75 bits per heavy atom. The van der Waals surface area contributed by atoms with Gasteiger partial charge in [-0.15, -0.1) is 11.8 Å².